The SMILES string of the molecule is CC(CCO)NC(=O)CCCNC(=O)c1ccco1. The zero-order valence-corrected chi connectivity index (χ0v) is 11.0. The molecular weight excluding hydrogens is 248 g/mol. The van der Waals surface area contributed by atoms with E-state index in [1.807, 2.05) is 6.92 Å². The van der Waals surface area contributed by atoms with E-state index in [1.54, 1.807) is 12.1 Å². The molecule has 0 aliphatic heterocycles. The summed E-state index contributed by atoms with van der Waals surface area (Å²) in [6.45, 7) is 2.31. The molecule has 6 heteroatoms. The fourth-order valence-electron chi connectivity index (χ4n) is 1.56. The van der Waals surface area contributed by atoms with Gasteiger partial charge in [-0.2, -0.15) is 0 Å². The van der Waals surface area contributed by atoms with Gasteiger partial charge in [-0.3, -0.25) is 9.59 Å². The average molecular weight is 268 g/mol. The number of aliphatic hydroxyl groups is 1. The minimum Gasteiger partial charge on any atom is -0.459 e. The van der Waals surface area contributed by atoms with Crippen molar-refractivity contribution < 1.29 is 19.1 Å². The molecule has 3 N–H and O–H groups in total. The predicted molar refractivity (Wildman–Crippen MR) is 69.6 cm³/mol. The monoisotopic (exact) mass is 268 g/mol. The second-order valence-electron chi connectivity index (χ2n) is 4.32. The number of carbonyl (C=O) groups excluding carboxylic acids is 2. The highest BCUT2D eigenvalue weighted by atomic mass is 16.3. The van der Waals surface area contributed by atoms with Crippen molar-refractivity contribution in [3.05, 3.63) is 24.2 Å². The Morgan fingerprint density at radius 1 is 1.47 bits per heavy atom. The van der Waals surface area contributed by atoms with Crippen molar-refractivity contribution in [2.45, 2.75) is 32.2 Å². The first kappa shape index (κ1) is 15.2. The number of carbonyl (C=O) groups is 2. The third-order valence-corrected chi connectivity index (χ3v) is 2.58. The zero-order chi connectivity index (χ0) is 14.1. The van der Waals surface area contributed by atoms with Crippen LogP contribution in [0.4, 0.5) is 0 Å². The summed E-state index contributed by atoms with van der Waals surface area (Å²) < 4.78 is 4.94. The molecule has 0 saturated heterocycles. The summed E-state index contributed by atoms with van der Waals surface area (Å²) >= 11 is 0. The lowest BCUT2D eigenvalue weighted by molar-refractivity contribution is -0.121. The molecular formula is C13H20N2O4. The number of furan rings is 1. The molecule has 1 atom stereocenters. The van der Waals surface area contributed by atoms with Crippen LogP contribution < -0.4 is 10.6 Å². The highest BCUT2D eigenvalue weighted by Gasteiger charge is 2.09. The van der Waals surface area contributed by atoms with Crippen molar-refractivity contribution in [3.8, 4) is 0 Å². The standard InChI is InChI=1S/C13H20N2O4/c1-10(6-8-16)15-12(17)5-2-7-14-13(18)11-4-3-9-19-11/h3-4,9-10,16H,2,5-8H2,1H3,(H,14,18)(H,15,17). The third kappa shape index (κ3) is 6.05. The van der Waals surface area contributed by atoms with E-state index in [0.717, 1.165) is 0 Å². The Hall–Kier alpha value is -1.82. The summed E-state index contributed by atoms with van der Waals surface area (Å²) in [5.74, 6) is -0.0896. The molecule has 0 aliphatic rings. The number of amides is 2. The van der Waals surface area contributed by atoms with Crippen LogP contribution in [0.1, 0.15) is 36.7 Å². The van der Waals surface area contributed by atoms with Crippen LogP contribution in [0.25, 0.3) is 0 Å². The van der Waals surface area contributed by atoms with Gasteiger partial charge in [-0.05, 0) is 31.9 Å². The minimum absolute atomic E-state index is 0.0322. The number of rotatable bonds is 8. The summed E-state index contributed by atoms with van der Waals surface area (Å²) in [7, 11) is 0. The van der Waals surface area contributed by atoms with Crippen LogP contribution in [0.3, 0.4) is 0 Å². The van der Waals surface area contributed by atoms with Gasteiger partial charge in [0.1, 0.15) is 0 Å². The van der Waals surface area contributed by atoms with Gasteiger partial charge in [0.15, 0.2) is 5.76 Å². The maximum atomic E-state index is 11.5. The number of nitrogens with one attached hydrogen (secondary N) is 2. The Balaban J connectivity index is 2.10. The van der Waals surface area contributed by atoms with Crippen LogP contribution in [0.5, 0.6) is 0 Å². The molecule has 19 heavy (non-hydrogen) atoms. The Labute approximate surface area is 112 Å². The first-order chi connectivity index (χ1) is 9.13. The van der Waals surface area contributed by atoms with Crippen LogP contribution in [0.15, 0.2) is 22.8 Å². The van der Waals surface area contributed by atoms with Gasteiger partial charge in [0.2, 0.25) is 5.91 Å². The molecule has 6 nitrogen and oxygen atoms in total. The van der Waals surface area contributed by atoms with Gasteiger partial charge in [-0.1, -0.05) is 0 Å². The Morgan fingerprint density at radius 2 is 2.26 bits per heavy atom. The molecule has 1 aromatic rings. The van der Waals surface area contributed by atoms with Gasteiger partial charge < -0.3 is 20.2 Å². The van der Waals surface area contributed by atoms with Crippen LogP contribution in [0.2, 0.25) is 0 Å². The van der Waals surface area contributed by atoms with E-state index < -0.39 is 0 Å². The van der Waals surface area contributed by atoms with E-state index in [-0.39, 0.29) is 30.2 Å². The second kappa shape index (κ2) is 8.31. The number of hydrogen-bond donors (Lipinski definition) is 3. The molecule has 0 fully saturated rings. The van der Waals surface area contributed by atoms with Crippen molar-refractivity contribution >= 4 is 11.8 Å². The van der Waals surface area contributed by atoms with Crippen LogP contribution in [-0.4, -0.2) is 36.1 Å². The van der Waals surface area contributed by atoms with Crippen molar-refractivity contribution in [1.82, 2.24) is 10.6 Å². The van der Waals surface area contributed by atoms with Crippen molar-refractivity contribution in [2.75, 3.05) is 13.2 Å². The molecule has 0 aromatic carbocycles. The van der Waals surface area contributed by atoms with E-state index in [9.17, 15) is 9.59 Å². The molecule has 0 saturated carbocycles. The number of aliphatic hydroxyl groups excluding tert-OH is 1. The fourth-order valence-corrected chi connectivity index (χ4v) is 1.56. The van der Waals surface area contributed by atoms with E-state index >= 15 is 0 Å². The summed E-state index contributed by atoms with van der Waals surface area (Å²) in [5, 5.41) is 14.1. The Bertz CT molecular complexity index is 389. The summed E-state index contributed by atoms with van der Waals surface area (Å²) in [6.07, 6.45) is 2.88. The summed E-state index contributed by atoms with van der Waals surface area (Å²) in [5.41, 5.74) is 0. The highest BCUT2D eigenvalue weighted by Crippen LogP contribution is 1.99. The normalized spacial score (nSPS) is 11.9. The molecule has 0 bridgehead atoms. The summed E-state index contributed by atoms with van der Waals surface area (Å²) in [6, 6.07) is 3.19. The van der Waals surface area contributed by atoms with Crippen molar-refractivity contribution in [2.24, 2.45) is 0 Å². The van der Waals surface area contributed by atoms with Gasteiger partial charge in [-0.25, -0.2) is 0 Å². The molecule has 1 heterocycles. The predicted octanol–water partition coefficient (Wildman–Crippen LogP) is 0.677. The molecule has 0 aliphatic carbocycles. The molecule has 1 unspecified atom stereocenters. The zero-order valence-electron chi connectivity index (χ0n) is 11.0. The van der Waals surface area contributed by atoms with Crippen molar-refractivity contribution in [1.29, 1.82) is 0 Å². The fraction of sp³-hybridized carbons (Fsp3) is 0.538. The topological polar surface area (TPSA) is 91.6 Å². The molecule has 0 spiro atoms. The Kier molecular flexibility index (Phi) is 6.67. The minimum atomic E-state index is -0.279. The number of hydrogen-bond acceptors (Lipinski definition) is 4. The first-order valence-corrected chi connectivity index (χ1v) is 6.35. The largest absolute Gasteiger partial charge is 0.459 e. The van der Waals surface area contributed by atoms with Gasteiger partial charge in [0.25, 0.3) is 5.91 Å². The van der Waals surface area contributed by atoms with Crippen LogP contribution in [-0.2, 0) is 4.79 Å². The average Bonchev–Trinajstić information content (AvgIpc) is 2.88. The van der Waals surface area contributed by atoms with Gasteiger partial charge >= 0.3 is 0 Å². The lowest BCUT2D eigenvalue weighted by Crippen LogP contribution is -2.33. The van der Waals surface area contributed by atoms with Crippen LogP contribution in [0, 0.1) is 0 Å². The quantitative estimate of drug-likeness (QED) is 0.604. The maximum Gasteiger partial charge on any atom is 0.286 e. The smallest absolute Gasteiger partial charge is 0.286 e. The molecule has 1 rings (SSSR count). The first-order valence-electron chi connectivity index (χ1n) is 6.35. The van der Waals surface area contributed by atoms with Gasteiger partial charge in [-0.15, -0.1) is 0 Å². The van der Waals surface area contributed by atoms with Gasteiger partial charge in [0, 0.05) is 25.6 Å². The molecule has 2 amide bonds. The second-order valence-corrected chi connectivity index (χ2v) is 4.32. The van der Waals surface area contributed by atoms with E-state index in [2.05, 4.69) is 10.6 Å². The Morgan fingerprint density at radius 3 is 2.89 bits per heavy atom. The lowest BCUT2D eigenvalue weighted by Gasteiger charge is -2.12. The summed E-state index contributed by atoms with van der Waals surface area (Å²) in [4.78, 5) is 23.0. The van der Waals surface area contributed by atoms with E-state index in [4.69, 9.17) is 9.52 Å². The van der Waals surface area contributed by atoms with Crippen LogP contribution >= 0.6 is 0 Å². The van der Waals surface area contributed by atoms with Crippen molar-refractivity contribution in [3.63, 3.8) is 0 Å². The van der Waals surface area contributed by atoms with E-state index in [0.29, 0.717) is 25.8 Å². The highest BCUT2D eigenvalue weighted by molar-refractivity contribution is 5.91. The third-order valence-electron chi connectivity index (χ3n) is 2.58. The van der Waals surface area contributed by atoms with Gasteiger partial charge in [0.05, 0.1) is 6.26 Å². The molecule has 106 valence electrons. The molecule has 0 radical (unpaired) electrons. The molecule has 1 aromatic heterocycles. The maximum absolute atomic E-state index is 11.5. The lowest BCUT2D eigenvalue weighted by atomic mass is 10.2. The van der Waals surface area contributed by atoms with E-state index in [1.165, 1.54) is 6.26 Å².